The summed E-state index contributed by atoms with van der Waals surface area (Å²) in [5.74, 6) is -0.172. The van der Waals surface area contributed by atoms with Crippen molar-refractivity contribution < 1.29 is 4.79 Å². The number of rotatable bonds is 4. The Morgan fingerprint density at radius 1 is 1.42 bits per heavy atom. The van der Waals surface area contributed by atoms with Gasteiger partial charge in [-0.2, -0.15) is 0 Å². The third-order valence-corrected chi connectivity index (χ3v) is 3.78. The Kier molecular flexibility index (Phi) is 4.93. The molecule has 1 aliphatic rings. The van der Waals surface area contributed by atoms with Crippen molar-refractivity contribution in [3.63, 3.8) is 0 Å². The van der Waals surface area contributed by atoms with Crippen molar-refractivity contribution in [3.05, 3.63) is 35.9 Å². The van der Waals surface area contributed by atoms with Crippen LogP contribution in [0.2, 0.25) is 0 Å². The highest BCUT2D eigenvalue weighted by molar-refractivity contribution is 5.79. The molecule has 3 unspecified atom stereocenters. The summed E-state index contributed by atoms with van der Waals surface area (Å²) in [4.78, 5) is 12.2. The number of hydrogen-bond acceptors (Lipinski definition) is 3. The number of benzene rings is 1. The van der Waals surface area contributed by atoms with E-state index in [1.807, 2.05) is 37.3 Å². The van der Waals surface area contributed by atoms with E-state index in [0.717, 1.165) is 31.5 Å². The molecule has 1 aliphatic heterocycles. The van der Waals surface area contributed by atoms with Crippen molar-refractivity contribution in [2.45, 2.75) is 31.8 Å². The maximum absolute atomic E-state index is 12.2. The minimum absolute atomic E-state index is 0.0463. The Hall–Kier alpha value is -1.39. The summed E-state index contributed by atoms with van der Waals surface area (Å²) in [7, 11) is 0. The number of piperidine rings is 1. The van der Waals surface area contributed by atoms with Crippen molar-refractivity contribution in [2.75, 3.05) is 13.1 Å². The van der Waals surface area contributed by atoms with E-state index < -0.39 is 0 Å². The third-order valence-electron chi connectivity index (χ3n) is 3.78. The van der Waals surface area contributed by atoms with Gasteiger partial charge in [-0.15, -0.1) is 0 Å². The van der Waals surface area contributed by atoms with Gasteiger partial charge in [0.05, 0.1) is 5.92 Å². The van der Waals surface area contributed by atoms with Gasteiger partial charge in [0.25, 0.3) is 0 Å². The van der Waals surface area contributed by atoms with E-state index in [0.29, 0.717) is 0 Å². The lowest BCUT2D eigenvalue weighted by Gasteiger charge is -2.27. The van der Waals surface area contributed by atoms with Crippen LogP contribution in [0.5, 0.6) is 0 Å². The van der Waals surface area contributed by atoms with Crippen LogP contribution in [-0.4, -0.2) is 25.0 Å². The third kappa shape index (κ3) is 3.78. The molecule has 104 valence electrons. The van der Waals surface area contributed by atoms with E-state index >= 15 is 0 Å². The monoisotopic (exact) mass is 261 g/mol. The van der Waals surface area contributed by atoms with Crippen LogP contribution in [-0.2, 0) is 4.79 Å². The molecule has 1 heterocycles. The first-order valence-corrected chi connectivity index (χ1v) is 7.00. The van der Waals surface area contributed by atoms with Crippen LogP contribution in [0.15, 0.2) is 30.3 Å². The Bertz CT molecular complexity index is 401. The fourth-order valence-electron chi connectivity index (χ4n) is 2.43. The lowest BCUT2D eigenvalue weighted by atomic mass is 9.94. The second kappa shape index (κ2) is 6.68. The number of nitrogens with two attached hydrogens (primary N) is 1. The topological polar surface area (TPSA) is 67.2 Å². The van der Waals surface area contributed by atoms with Crippen LogP contribution in [0.3, 0.4) is 0 Å². The lowest BCUT2D eigenvalue weighted by Crippen LogP contribution is -2.48. The van der Waals surface area contributed by atoms with Gasteiger partial charge in [0, 0.05) is 18.6 Å². The smallest absolute Gasteiger partial charge is 0.225 e. The zero-order valence-electron chi connectivity index (χ0n) is 11.4. The molecule has 0 aromatic heterocycles. The Labute approximate surface area is 114 Å². The average molecular weight is 261 g/mol. The zero-order chi connectivity index (χ0) is 13.7. The highest BCUT2D eigenvalue weighted by Crippen LogP contribution is 2.19. The molecule has 0 bridgehead atoms. The van der Waals surface area contributed by atoms with Crippen LogP contribution in [0.4, 0.5) is 0 Å². The molecular weight excluding hydrogens is 238 g/mol. The summed E-state index contributed by atoms with van der Waals surface area (Å²) in [5, 5.41) is 6.38. The summed E-state index contributed by atoms with van der Waals surface area (Å²) in [6, 6.07) is 9.78. The second-order valence-electron chi connectivity index (χ2n) is 5.28. The number of carbonyl (C=O) groups is 1. The van der Waals surface area contributed by atoms with E-state index in [4.69, 9.17) is 5.73 Å². The van der Waals surface area contributed by atoms with E-state index in [1.165, 1.54) is 0 Å². The van der Waals surface area contributed by atoms with Gasteiger partial charge in [-0.3, -0.25) is 4.79 Å². The van der Waals surface area contributed by atoms with Crippen LogP contribution in [0.25, 0.3) is 0 Å². The molecule has 4 nitrogen and oxygen atoms in total. The molecule has 1 saturated heterocycles. The molecule has 1 fully saturated rings. The largest absolute Gasteiger partial charge is 0.352 e. The highest BCUT2D eigenvalue weighted by Gasteiger charge is 2.24. The predicted octanol–water partition coefficient (Wildman–Crippen LogP) is 1.19. The quantitative estimate of drug-likeness (QED) is 0.762. The first kappa shape index (κ1) is 14.0. The van der Waals surface area contributed by atoms with Crippen molar-refractivity contribution in [1.82, 2.24) is 10.6 Å². The molecule has 0 spiro atoms. The molecule has 0 saturated carbocycles. The number of nitrogens with one attached hydrogen (secondary N) is 2. The summed E-state index contributed by atoms with van der Waals surface area (Å²) in [6.45, 7) is 3.80. The Balaban J connectivity index is 1.91. The first-order chi connectivity index (χ1) is 9.18. The minimum Gasteiger partial charge on any atom is -0.352 e. The molecule has 19 heavy (non-hydrogen) atoms. The van der Waals surface area contributed by atoms with Crippen LogP contribution in [0.1, 0.15) is 31.4 Å². The standard InChI is InChI=1S/C15H23N3O/c1-11(14(16)12-6-3-2-4-7-12)15(19)18-13-8-5-9-17-10-13/h2-4,6-7,11,13-14,17H,5,8-10,16H2,1H3,(H,18,19). The van der Waals surface area contributed by atoms with Gasteiger partial charge in [0.15, 0.2) is 0 Å². The Morgan fingerprint density at radius 3 is 2.79 bits per heavy atom. The van der Waals surface area contributed by atoms with Crippen molar-refractivity contribution in [1.29, 1.82) is 0 Å². The van der Waals surface area contributed by atoms with Gasteiger partial charge in [0.1, 0.15) is 0 Å². The molecule has 0 aliphatic carbocycles. The fourth-order valence-corrected chi connectivity index (χ4v) is 2.43. The maximum atomic E-state index is 12.2. The Morgan fingerprint density at radius 2 is 2.16 bits per heavy atom. The number of hydrogen-bond donors (Lipinski definition) is 3. The van der Waals surface area contributed by atoms with Gasteiger partial charge in [-0.05, 0) is 24.9 Å². The zero-order valence-corrected chi connectivity index (χ0v) is 11.4. The van der Waals surface area contributed by atoms with Gasteiger partial charge in [0.2, 0.25) is 5.91 Å². The normalized spacial score (nSPS) is 22.5. The molecule has 1 aromatic rings. The molecule has 2 rings (SSSR count). The summed E-state index contributed by atoms with van der Waals surface area (Å²) >= 11 is 0. The second-order valence-corrected chi connectivity index (χ2v) is 5.28. The van der Waals surface area contributed by atoms with Crippen LogP contribution >= 0.6 is 0 Å². The lowest BCUT2D eigenvalue weighted by molar-refractivity contribution is -0.126. The highest BCUT2D eigenvalue weighted by atomic mass is 16.2. The van der Waals surface area contributed by atoms with Gasteiger partial charge < -0.3 is 16.4 Å². The predicted molar refractivity (Wildman–Crippen MR) is 76.6 cm³/mol. The SMILES string of the molecule is CC(C(=O)NC1CCCNC1)C(N)c1ccccc1. The molecule has 4 heteroatoms. The van der Waals surface area contributed by atoms with Gasteiger partial charge in [-0.1, -0.05) is 37.3 Å². The van der Waals surface area contributed by atoms with E-state index in [1.54, 1.807) is 0 Å². The average Bonchev–Trinajstić information content (AvgIpc) is 2.47. The van der Waals surface area contributed by atoms with Crippen molar-refractivity contribution >= 4 is 5.91 Å². The molecule has 4 N–H and O–H groups in total. The molecule has 1 aromatic carbocycles. The van der Waals surface area contributed by atoms with Gasteiger partial charge in [-0.25, -0.2) is 0 Å². The first-order valence-electron chi connectivity index (χ1n) is 7.00. The van der Waals surface area contributed by atoms with Crippen LogP contribution in [0, 0.1) is 5.92 Å². The van der Waals surface area contributed by atoms with E-state index in [2.05, 4.69) is 10.6 Å². The van der Waals surface area contributed by atoms with E-state index in [9.17, 15) is 4.79 Å². The van der Waals surface area contributed by atoms with Crippen molar-refractivity contribution in [3.8, 4) is 0 Å². The summed E-state index contributed by atoms with van der Waals surface area (Å²) < 4.78 is 0. The molecular formula is C15H23N3O. The van der Waals surface area contributed by atoms with Crippen molar-refractivity contribution in [2.24, 2.45) is 11.7 Å². The number of carbonyl (C=O) groups excluding carboxylic acids is 1. The van der Waals surface area contributed by atoms with Crippen LogP contribution < -0.4 is 16.4 Å². The van der Waals surface area contributed by atoms with E-state index in [-0.39, 0.29) is 23.9 Å². The minimum atomic E-state index is -0.252. The molecule has 3 atom stereocenters. The number of amides is 1. The molecule has 0 radical (unpaired) electrons. The van der Waals surface area contributed by atoms with Gasteiger partial charge >= 0.3 is 0 Å². The summed E-state index contributed by atoms with van der Waals surface area (Å²) in [5.41, 5.74) is 7.17. The summed E-state index contributed by atoms with van der Waals surface area (Å²) in [6.07, 6.45) is 2.16. The molecule has 1 amide bonds. The maximum Gasteiger partial charge on any atom is 0.225 e. The fraction of sp³-hybridized carbons (Fsp3) is 0.533.